The van der Waals surface area contributed by atoms with Crippen molar-refractivity contribution in [3.05, 3.63) is 9.75 Å². The Balaban J connectivity index is 2.57. The molecule has 2 N–H and O–H groups in total. The van der Waals surface area contributed by atoms with Crippen molar-refractivity contribution in [1.29, 1.82) is 0 Å². The molecule has 0 spiro atoms. The van der Waals surface area contributed by atoms with E-state index in [1.165, 1.54) is 29.1 Å². The molecule has 0 saturated heterocycles. The summed E-state index contributed by atoms with van der Waals surface area (Å²) in [6, 6.07) is 0. The van der Waals surface area contributed by atoms with Crippen molar-refractivity contribution in [3.63, 3.8) is 0 Å². The van der Waals surface area contributed by atoms with Gasteiger partial charge in [0.05, 0.1) is 34.9 Å². The summed E-state index contributed by atoms with van der Waals surface area (Å²) in [7, 11) is 0. The summed E-state index contributed by atoms with van der Waals surface area (Å²) in [5.41, 5.74) is 6.72. The molecule has 2 aromatic rings. The van der Waals surface area contributed by atoms with Crippen molar-refractivity contribution in [2.45, 2.75) is 20.8 Å². The first kappa shape index (κ1) is 18.2. The number of rotatable bonds is 7. The molecule has 7 nitrogen and oxygen atoms in total. The van der Waals surface area contributed by atoms with Crippen LogP contribution in [0.3, 0.4) is 0 Å². The summed E-state index contributed by atoms with van der Waals surface area (Å²) in [6.07, 6.45) is 1.26. The molecule has 0 aliphatic carbocycles. The molecule has 2 heterocycles. The van der Waals surface area contributed by atoms with E-state index in [4.69, 9.17) is 19.9 Å². The number of nitrogens with two attached hydrogens (primary N) is 1. The lowest BCUT2D eigenvalue weighted by Crippen LogP contribution is -2.05. The van der Waals surface area contributed by atoms with Crippen molar-refractivity contribution in [2.24, 2.45) is 4.99 Å². The molecule has 0 bridgehead atoms. The number of hydrogen-bond acceptors (Lipinski definition) is 9. The van der Waals surface area contributed by atoms with Crippen molar-refractivity contribution in [2.75, 3.05) is 25.6 Å². The number of carbonyl (C=O) groups is 2. The molecule has 0 atom stereocenters. The molecule has 0 aliphatic heterocycles. The van der Waals surface area contributed by atoms with Crippen LogP contribution in [-0.2, 0) is 14.2 Å². The van der Waals surface area contributed by atoms with Crippen LogP contribution in [0.25, 0.3) is 9.40 Å². The number of ether oxygens (including phenoxy) is 3. The highest BCUT2D eigenvalue weighted by atomic mass is 32.2. The second-order valence-corrected chi connectivity index (χ2v) is 6.72. The average molecular weight is 370 g/mol. The number of hydrogen-bond donors (Lipinski definition) is 1. The van der Waals surface area contributed by atoms with Gasteiger partial charge in [0.25, 0.3) is 0 Å². The summed E-state index contributed by atoms with van der Waals surface area (Å²) in [6.45, 7) is 6.22. The third-order valence-electron chi connectivity index (χ3n) is 2.90. The first-order valence-electron chi connectivity index (χ1n) is 7.38. The van der Waals surface area contributed by atoms with Crippen LogP contribution in [0.2, 0.25) is 0 Å². The monoisotopic (exact) mass is 370 g/mol. The van der Waals surface area contributed by atoms with Gasteiger partial charge in [0, 0.05) is 0 Å². The van der Waals surface area contributed by atoms with Crippen LogP contribution >= 0.6 is 22.7 Å². The molecule has 9 heteroatoms. The van der Waals surface area contributed by atoms with E-state index in [0.29, 0.717) is 31.4 Å². The number of thiophene rings is 2. The lowest BCUT2D eigenvalue weighted by atomic mass is 10.2. The van der Waals surface area contributed by atoms with Crippen LogP contribution in [-0.4, -0.2) is 38.2 Å². The SMILES string of the molecule is CCOC=Nc1c(C(=O)OCC)sc2sc(C(=O)OCC)c(N)c12. The maximum atomic E-state index is 12.1. The molecule has 0 unspecified atom stereocenters. The second kappa shape index (κ2) is 8.11. The Morgan fingerprint density at radius 1 is 1.04 bits per heavy atom. The van der Waals surface area contributed by atoms with E-state index in [2.05, 4.69) is 4.99 Å². The predicted octanol–water partition coefficient (Wildman–Crippen LogP) is 3.59. The van der Waals surface area contributed by atoms with Crippen molar-refractivity contribution in [3.8, 4) is 0 Å². The van der Waals surface area contributed by atoms with E-state index in [1.54, 1.807) is 13.8 Å². The van der Waals surface area contributed by atoms with Crippen LogP contribution in [0.15, 0.2) is 4.99 Å². The van der Waals surface area contributed by atoms with E-state index in [-0.39, 0.29) is 18.9 Å². The number of carbonyl (C=O) groups excluding carboxylic acids is 2. The van der Waals surface area contributed by atoms with E-state index < -0.39 is 11.9 Å². The topological polar surface area (TPSA) is 100 Å². The second-order valence-electron chi connectivity index (χ2n) is 4.42. The van der Waals surface area contributed by atoms with Gasteiger partial charge in [-0.15, -0.1) is 22.7 Å². The van der Waals surface area contributed by atoms with Gasteiger partial charge in [0.2, 0.25) is 0 Å². The summed E-state index contributed by atoms with van der Waals surface area (Å²) in [5, 5.41) is 0.548. The fourth-order valence-corrected chi connectivity index (χ4v) is 4.35. The molecule has 0 aliphatic rings. The lowest BCUT2D eigenvalue weighted by Gasteiger charge is -2.02. The van der Waals surface area contributed by atoms with Gasteiger partial charge in [-0.1, -0.05) is 0 Å². The summed E-state index contributed by atoms with van der Waals surface area (Å²) < 4.78 is 15.9. The summed E-state index contributed by atoms with van der Waals surface area (Å²) in [5.74, 6) is -0.965. The highest BCUT2D eigenvalue weighted by Gasteiger charge is 2.27. The molecule has 2 aromatic heterocycles. The van der Waals surface area contributed by atoms with Gasteiger partial charge in [-0.3, -0.25) is 0 Å². The molecule has 0 aromatic carbocycles. The van der Waals surface area contributed by atoms with E-state index in [9.17, 15) is 9.59 Å². The summed E-state index contributed by atoms with van der Waals surface area (Å²) in [4.78, 5) is 29.0. The van der Waals surface area contributed by atoms with Crippen LogP contribution in [0.4, 0.5) is 11.4 Å². The van der Waals surface area contributed by atoms with Gasteiger partial charge < -0.3 is 19.9 Å². The number of fused-ring (bicyclic) bond motifs is 1. The average Bonchev–Trinajstić information content (AvgIpc) is 3.06. The van der Waals surface area contributed by atoms with Crippen LogP contribution < -0.4 is 5.73 Å². The van der Waals surface area contributed by atoms with Gasteiger partial charge in [0.15, 0.2) is 6.40 Å². The first-order valence-corrected chi connectivity index (χ1v) is 9.01. The van der Waals surface area contributed by atoms with Crippen molar-refractivity contribution >= 4 is 61.8 Å². The molecule has 130 valence electrons. The standard InChI is InChI=1S/C15H18N2O5S2/c1-4-20-7-17-10-8-9(16)11(13(18)21-5-2)23-15(8)24-12(10)14(19)22-6-3/h7H,4-6,16H2,1-3H3. The van der Waals surface area contributed by atoms with Crippen molar-refractivity contribution < 1.29 is 23.8 Å². The highest BCUT2D eigenvalue weighted by molar-refractivity contribution is 7.40. The molecule has 0 fully saturated rings. The highest BCUT2D eigenvalue weighted by Crippen LogP contribution is 2.47. The van der Waals surface area contributed by atoms with Crippen molar-refractivity contribution in [1.82, 2.24) is 0 Å². The number of esters is 2. The van der Waals surface area contributed by atoms with E-state index in [1.807, 2.05) is 6.92 Å². The number of nitrogens with zero attached hydrogens (tertiary/aromatic N) is 1. The van der Waals surface area contributed by atoms with Gasteiger partial charge >= 0.3 is 11.9 Å². The van der Waals surface area contributed by atoms with Crippen LogP contribution in [0, 0.1) is 0 Å². The Morgan fingerprint density at radius 3 is 2.21 bits per heavy atom. The maximum Gasteiger partial charge on any atom is 0.350 e. The van der Waals surface area contributed by atoms with Gasteiger partial charge in [0.1, 0.15) is 15.4 Å². The number of nitrogen functional groups attached to an aromatic ring is 1. The lowest BCUT2D eigenvalue weighted by molar-refractivity contribution is 0.0524. The Bertz CT molecular complexity index is 779. The van der Waals surface area contributed by atoms with Crippen LogP contribution in [0.1, 0.15) is 40.1 Å². The van der Waals surface area contributed by atoms with Gasteiger partial charge in [-0.05, 0) is 20.8 Å². The number of aliphatic imine (C=N–C) groups is 1. The minimum atomic E-state index is -0.485. The quantitative estimate of drug-likeness (QED) is 0.454. The fourth-order valence-electron chi connectivity index (χ4n) is 1.94. The Kier molecular flexibility index (Phi) is 6.16. The van der Waals surface area contributed by atoms with Gasteiger partial charge in [-0.25, -0.2) is 14.6 Å². The zero-order valence-electron chi connectivity index (χ0n) is 13.6. The zero-order chi connectivity index (χ0) is 17.7. The normalized spacial score (nSPS) is 11.1. The first-order chi connectivity index (χ1) is 11.5. The Hall–Kier alpha value is -2.13. The molecular weight excluding hydrogens is 352 g/mol. The summed E-state index contributed by atoms with van der Waals surface area (Å²) >= 11 is 2.37. The predicted molar refractivity (Wildman–Crippen MR) is 95.8 cm³/mol. The molecule has 24 heavy (non-hydrogen) atoms. The third-order valence-corrected chi connectivity index (χ3v) is 5.34. The molecule has 0 radical (unpaired) electrons. The largest absolute Gasteiger partial charge is 0.483 e. The molecule has 0 saturated carbocycles. The minimum absolute atomic E-state index is 0.253. The molecule has 2 rings (SSSR count). The Labute approximate surface area is 147 Å². The minimum Gasteiger partial charge on any atom is -0.483 e. The molecule has 0 amide bonds. The van der Waals surface area contributed by atoms with Crippen LogP contribution in [0.5, 0.6) is 0 Å². The fraction of sp³-hybridized carbons (Fsp3) is 0.400. The van der Waals surface area contributed by atoms with E-state index >= 15 is 0 Å². The Morgan fingerprint density at radius 2 is 1.62 bits per heavy atom. The smallest absolute Gasteiger partial charge is 0.350 e. The van der Waals surface area contributed by atoms with E-state index in [0.717, 1.165) is 0 Å². The zero-order valence-corrected chi connectivity index (χ0v) is 15.2. The maximum absolute atomic E-state index is 12.1. The molecular formula is C15H18N2O5S2. The van der Waals surface area contributed by atoms with Gasteiger partial charge in [-0.2, -0.15) is 0 Å². The number of anilines is 1. The third kappa shape index (κ3) is 3.51.